The molecule has 2 aliphatic rings. The molecule has 1 aliphatic heterocycles. The van der Waals surface area contributed by atoms with Crippen LogP contribution >= 0.6 is 0 Å². The van der Waals surface area contributed by atoms with Crippen molar-refractivity contribution in [3.8, 4) is 0 Å². The lowest BCUT2D eigenvalue weighted by Crippen LogP contribution is -2.60. The van der Waals surface area contributed by atoms with E-state index in [0.717, 1.165) is 45.7 Å². The highest BCUT2D eigenvalue weighted by Crippen LogP contribution is 2.33. The molecule has 0 spiro atoms. The molecule has 4 nitrogen and oxygen atoms in total. The van der Waals surface area contributed by atoms with E-state index < -0.39 is 0 Å². The predicted octanol–water partition coefficient (Wildman–Crippen LogP) is 2.57. The van der Waals surface area contributed by atoms with E-state index in [1.54, 1.807) is 0 Å². The minimum atomic E-state index is 0.139. The van der Waals surface area contributed by atoms with Crippen molar-refractivity contribution in [3.05, 3.63) is 0 Å². The van der Waals surface area contributed by atoms with E-state index in [1.165, 1.54) is 32.1 Å². The van der Waals surface area contributed by atoms with E-state index in [9.17, 15) is 4.79 Å². The van der Waals surface area contributed by atoms with Crippen LogP contribution in [0.5, 0.6) is 0 Å². The Bertz CT molecular complexity index is 321. The van der Waals surface area contributed by atoms with E-state index in [-0.39, 0.29) is 17.4 Å². The van der Waals surface area contributed by atoms with Crippen LogP contribution in [0.25, 0.3) is 0 Å². The fourth-order valence-electron chi connectivity index (χ4n) is 3.84. The predicted molar refractivity (Wildman–Crippen MR) is 85.3 cm³/mol. The van der Waals surface area contributed by atoms with Crippen molar-refractivity contribution in [3.63, 3.8) is 0 Å². The zero-order chi connectivity index (χ0) is 15.1. The van der Waals surface area contributed by atoms with Gasteiger partial charge in [0, 0.05) is 31.1 Å². The van der Waals surface area contributed by atoms with Crippen LogP contribution in [0.15, 0.2) is 0 Å². The molecule has 2 fully saturated rings. The Morgan fingerprint density at radius 3 is 2.52 bits per heavy atom. The molecule has 0 aromatic rings. The molecule has 1 aliphatic carbocycles. The number of ether oxygens (including phenoxy) is 1. The summed E-state index contributed by atoms with van der Waals surface area (Å²) in [4.78, 5) is 14.8. The van der Waals surface area contributed by atoms with Crippen molar-refractivity contribution in [2.75, 3.05) is 32.8 Å². The maximum Gasteiger partial charge on any atom is 0.222 e. The molecule has 1 atom stereocenters. The van der Waals surface area contributed by atoms with Crippen LogP contribution < -0.4 is 5.32 Å². The van der Waals surface area contributed by atoms with E-state index in [1.807, 2.05) is 6.92 Å². The molecular weight excluding hydrogens is 264 g/mol. The van der Waals surface area contributed by atoms with Crippen LogP contribution in [0.4, 0.5) is 0 Å². The van der Waals surface area contributed by atoms with Gasteiger partial charge in [-0.2, -0.15) is 0 Å². The molecule has 21 heavy (non-hydrogen) atoms. The van der Waals surface area contributed by atoms with Crippen molar-refractivity contribution in [1.82, 2.24) is 10.2 Å². The van der Waals surface area contributed by atoms with E-state index >= 15 is 0 Å². The van der Waals surface area contributed by atoms with Gasteiger partial charge < -0.3 is 10.1 Å². The van der Waals surface area contributed by atoms with Gasteiger partial charge in [-0.25, -0.2) is 0 Å². The quantitative estimate of drug-likeness (QED) is 0.819. The van der Waals surface area contributed by atoms with Crippen LogP contribution in [0.1, 0.15) is 58.8 Å². The summed E-state index contributed by atoms with van der Waals surface area (Å²) >= 11 is 0. The van der Waals surface area contributed by atoms with Gasteiger partial charge in [-0.1, -0.05) is 39.5 Å². The average molecular weight is 296 g/mol. The van der Waals surface area contributed by atoms with Gasteiger partial charge in [-0.05, 0) is 19.3 Å². The number of nitrogens with zero attached hydrogens (tertiary/aromatic N) is 1. The van der Waals surface area contributed by atoms with Gasteiger partial charge >= 0.3 is 0 Å². The zero-order valence-corrected chi connectivity index (χ0v) is 13.8. The van der Waals surface area contributed by atoms with Crippen LogP contribution in [-0.2, 0) is 9.53 Å². The third-order valence-electron chi connectivity index (χ3n) is 5.23. The molecule has 2 rings (SSSR count). The summed E-state index contributed by atoms with van der Waals surface area (Å²) in [7, 11) is 0. The first-order valence-electron chi connectivity index (χ1n) is 8.78. The molecule has 0 aromatic carbocycles. The molecule has 1 saturated carbocycles. The summed E-state index contributed by atoms with van der Waals surface area (Å²) in [6.45, 7) is 8.70. The molecule has 4 heteroatoms. The maximum absolute atomic E-state index is 12.2. The zero-order valence-electron chi connectivity index (χ0n) is 13.8. The van der Waals surface area contributed by atoms with Crippen LogP contribution in [0, 0.1) is 5.92 Å². The Morgan fingerprint density at radius 2 is 1.90 bits per heavy atom. The van der Waals surface area contributed by atoms with Crippen LogP contribution in [0.2, 0.25) is 0 Å². The van der Waals surface area contributed by atoms with Crippen molar-refractivity contribution >= 4 is 5.91 Å². The standard InChI is InChI=1S/C17H32N2O2/c1-3-7-15(2)16(20)18-14-17(8-5-4-6-9-17)19-10-12-21-13-11-19/h15H,3-14H2,1-2H3,(H,18,20). The first-order chi connectivity index (χ1) is 10.2. The second kappa shape index (κ2) is 8.14. The molecule has 1 unspecified atom stereocenters. The number of nitrogens with one attached hydrogen (secondary N) is 1. The van der Waals surface area contributed by atoms with Crippen LogP contribution in [-0.4, -0.2) is 49.2 Å². The molecule has 1 heterocycles. The molecule has 1 amide bonds. The Hall–Kier alpha value is -0.610. The average Bonchev–Trinajstić information content (AvgIpc) is 2.54. The lowest BCUT2D eigenvalue weighted by Gasteiger charge is -2.48. The number of hydrogen-bond donors (Lipinski definition) is 1. The van der Waals surface area contributed by atoms with E-state index in [0.29, 0.717) is 0 Å². The normalized spacial score (nSPS) is 24.5. The van der Waals surface area contributed by atoms with Gasteiger partial charge in [0.1, 0.15) is 0 Å². The SMILES string of the molecule is CCCC(C)C(=O)NCC1(N2CCOCC2)CCCCC1. The lowest BCUT2D eigenvalue weighted by molar-refractivity contribution is -0.126. The molecule has 1 saturated heterocycles. The lowest BCUT2D eigenvalue weighted by atomic mass is 9.79. The van der Waals surface area contributed by atoms with Gasteiger partial charge in [0.15, 0.2) is 0 Å². The molecular formula is C17H32N2O2. The highest BCUT2D eigenvalue weighted by Gasteiger charge is 2.38. The van der Waals surface area contributed by atoms with Gasteiger partial charge in [0.2, 0.25) is 5.91 Å². The van der Waals surface area contributed by atoms with Crippen molar-refractivity contribution in [2.24, 2.45) is 5.92 Å². The third kappa shape index (κ3) is 4.43. The highest BCUT2D eigenvalue weighted by atomic mass is 16.5. The smallest absolute Gasteiger partial charge is 0.222 e. The summed E-state index contributed by atoms with van der Waals surface area (Å²) in [6, 6.07) is 0. The second-order valence-corrected chi connectivity index (χ2v) is 6.79. The number of amides is 1. The summed E-state index contributed by atoms with van der Waals surface area (Å²) in [5.74, 6) is 0.371. The summed E-state index contributed by atoms with van der Waals surface area (Å²) in [5, 5.41) is 3.25. The fourth-order valence-corrected chi connectivity index (χ4v) is 3.84. The molecule has 1 N–H and O–H groups in total. The first-order valence-corrected chi connectivity index (χ1v) is 8.78. The summed E-state index contributed by atoms with van der Waals surface area (Å²) < 4.78 is 5.50. The second-order valence-electron chi connectivity index (χ2n) is 6.79. The van der Waals surface area contributed by atoms with Crippen LogP contribution in [0.3, 0.4) is 0 Å². The van der Waals surface area contributed by atoms with Crippen molar-refractivity contribution < 1.29 is 9.53 Å². The Balaban J connectivity index is 1.94. The molecule has 122 valence electrons. The highest BCUT2D eigenvalue weighted by molar-refractivity contribution is 5.78. The molecule has 0 aromatic heterocycles. The first kappa shape index (κ1) is 16.8. The van der Waals surface area contributed by atoms with Gasteiger partial charge in [0.05, 0.1) is 13.2 Å². The van der Waals surface area contributed by atoms with Crippen molar-refractivity contribution in [1.29, 1.82) is 0 Å². The minimum Gasteiger partial charge on any atom is -0.379 e. The molecule has 0 radical (unpaired) electrons. The fraction of sp³-hybridized carbons (Fsp3) is 0.941. The minimum absolute atomic E-state index is 0.139. The van der Waals surface area contributed by atoms with Gasteiger partial charge in [-0.15, -0.1) is 0 Å². The van der Waals surface area contributed by atoms with Gasteiger partial charge in [0.25, 0.3) is 0 Å². The number of carbonyl (C=O) groups is 1. The summed E-state index contributed by atoms with van der Waals surface area (Å²) in [6.07, 6.45) is 8.41. The number of hydrogen-bond acceptors (Lipinski definition) is 3. The van der Waals surface area contributed by atoms with Gasteiger partial charge in [-0.3, -0.25) is 9.69 Å². The van der Waals surface area contributed by atoms with E-state index in [2.05, 4.69) is 17.1 Å². The number of rotatable bonds is 6. The Morgan fingerprint density at radius 1 is 1.24 bits per heavy atom. The van der Waals surface area contributed by atoms with E-state index in [4.69, 9.17) is 4.74 Å². The largest absolute Gasteiger partial charge is 0.379 e. The topological polar surface area (TPSA) is 41.6 Å². The molecule has 0 bridgehead atoms. The maximum atomic E-state index is 12.2. The summed E-state index contributed by atoms with van der Waals surface area (Å²) in [5.41, 5.74) is 0.184. The number of carbonyl (C=O) groups excluding carboxylic acids is 1. The Kier molecular flexibility index (Phi) is 6.49. The number of morpholine rings is 1. The monoisotopic (exact) mass is 296 g/mol. The Labute approximate surface area is 129 Å². The van der Waals surface area contributed by atoms with Crippen molar-refractivity contribution in [2.45, 2.75) is 64.3 Å². The third-order valence-corrected chi connectivity index (χ3v) is 5.23.